The first-order valence-corrected chi connectivity index (χ1v) is 22.0. The van der Waals surface area contributed by atoms with Crippen molar-refractivity contribution in [1.29, 1.82) is 0 Å². The summed E-state index contributed by atoms with van der Waals surface area (Å²) < 4.78 is 55.0. The van der Waals surface area contributed by atoms with E-state index in [-0.39, 0.29) is 65.4 Å². The molecular weight excluding hydrogens is 906 g/mol. The number of methoxy groups -OCH3 is 2. The number of benzene rings is 2. The topological polar surface area (TPSA) is 192 Å². The van der Waals surface area contributed by atoms with E-state index in [0.29, 0.717) is 57.2 Å². The lowest BCUT2D eigenvalue weighted by molar-refractivity contribution is -0.153. The quantitative estimate of drug-likeness (QED) is 0.113. The Bertz CT molecular complexity index is 2470. The Morgan fingerprint density at radius 2 is 1.29 bits per heavy atom. The number of nitrogens with zero attached hydrogens (tertiary/aromatic N) is 4. The molecular formula is C42H40Cl2F2N6O9S2. The standard InChI is InChI=1S/C22H21ClFN3O5S.C20H19ClFN3O4S/c1-3-31-21(28)14-9-11(10-32-14)17-15(22(29)30-2)18(12-5-4-6-13(24)16(12)23)27-19(26-17)20-25-7-8-33-20;1-28-20(27)14-16(10-7-11(8-26)29-9-10)24-18(19-23-5-6-30-19)25-17(14)12-3-2-4-13(22)15(12)21/h4-8,11,14,18H,3,9-10H2,1-2H3,(H,26,27);2-6,10-11,17,26H,7-9H2,1H3,(H,24,25). The summed E-state index contributed by atoms with van der Waals surface area (Å²) in [6.07, 6.45) is 2.98. The number of amidine groups is 2. The van der Waals surface area contributed by atoms with Gasteiger partial charge in [-0.2, -0.15) is 0 Å². The second-order valence-corrected chi connectivity index (χ2v) is 16.7. The van der Waals surface area contributed by atoms with Crippen LogP contribution in [0.25, 0.3) is 0 Å². The van der Waals surface area contributed by atoms with Gasteiger partial charge in [-0.1, -0.05) is 47.5 Å². The maximum Gasteiger partial charge on any atom is 0.338 e. The lowest BCUT2D eigenvalue weighted by atomic mass is 9.89. The molecule has 332 valence electrons. The molecule has 0 amide bonds. The zero-order chi connectivity index (χ0) is 44.8. The summed E-state index contributed by atoms with van der Waals surface area (Å²) in [4.78, 5) is 55.9. The molecule has 2 aromatic heterocycles. The second-order valence-electron chi connectivity index (χ2n) is 14.2. The molecule has 3 N–H and O–H groups in total. The van der Waals surface area contributed by atoms with Crippen LogP contribution >= 0.6 is 45.9 Å². The Morgan fingerprint density at radius 1 is 0.794 bits per heavy atom. The van der Waals surface area contributed by atoms with Crippen molar-refractivity contribution in [3.8, 4) is 0 Å². The van der Waals surface area contributed by atoms with Crippen LogP contribution in [0, 0.1) is 23.5 Å². The number of hydrogen-bond acceptors (Lipinski definition) is 17. The van der Waals surface area contributed by atoms with E-state index in [1.807, 2.05) is 5.38 Å². The van der Waals surface area contributed by atoms with Crippen molar-refractivity contribution in [1.82, 2.24) is 20.6 Å². The van der Waals surface area contributed by atoms with Gasteiger partial charge in [0.15, 0.2) is 27.8 Å². The van der Waals surface area contributed by atoms with Crippen LogP contribution in [0.1, 0.15) is 53.0 Å². The molecule has 0 radical (unpaired) electrons. The minimum atomic E-state index is -0.947. The number of carbonyl (C=O) groups excluding carboxylic acids is 3. The molecule has 8 rings (SSSR count). The lowest BCUT2D eigenvalue weighted by Crippen LogP contribution is -2.37. The average Bonchev–Trinajstić information content (AvgIpc) is 4.16. The molecule has 15 nitrogen and oxygen atoms in total. The predicted molar refractivity (Wildman–Crippen MR) is 229 cm³/mol. The number of esters is 3. The fourth-order valence-corrected chi connectivity index (χ4v) is 9.15. The summed E-state index contributed by atoms with van der Waals surface area (Å²) in [6.45, 7) is 2.31. The lowest BCUT2D eigenvalue weighted by Gasteiger charge is -2.29. The van der Waals surface area contributed by atoms with Crippen LogP contribution in [-0.4, -0.2) is 97.5 Å². The van der Waals surface area contributed by atoms with Gasteiger partial charge in [-0.15, -0.1) is 22.7 Å². The number of aliphatic imine (C=N–C) groups is 2. The number of nitrogens with one attached hydrogen (secondary N) is 2. The van der Waals surface area contributed by atoms with Crippen molar-refractivity contribution in [2.75, 3.05) is 40.6 Å². The number of halogens is 4. The first kappa shape index (κ1) is 45.9. The van der Waals surface area contributed by atoms with Crippen LogP contribution in [0.3, 0.4) is 0 Å². The molecule has 0 bridgehead atoms. The molecule has 6 heterocycles. The van der Waals surface area contributed by atoms with Crippen molar-refractivity contribution in [3.05, 3.63) is 125 Å². The van der Waals surface area contributed by atoms with Gasteiger partial charge < -0.3 is 39.4 Å². The van der Waals surface area contributed by atoms with Gasteiger partial charge in [0, 0.05) is 57.5 Å². The Kier molecular flexibility index (Phi) is 15.0. The van der Waals surface area contributed by atoms with Gasteiger partial charge in [-0.25, -0.2) is 33.1 Å². The number of thiazole rings is 2. The van der Waals surface area contributed by atoms with Gasteiger partial charge >= 0.3 is 17.9 Å². The monoisotopic (exact) mass is 944 g/mol. The average molecular weight is 946 g/mol. The zero-order valence-corrected chi connectivity index (χ0v) is 37.0. The molecule has 21 heteroatoms. The van der Waals surface area contributed by atoms with Crippen molar-refractivity contribution in [2.24, 2.45) is 21.8 Å². The van der Waals surface area contributed by atoms with Crippen molar-refractivity contribution >= 4 is 75.5 Å². The van der Waals surface area contributed by atoms with Gasteiger partial charge in [0.1, 0.15) is 23.7 Å². The molecule has 6 unspecified atom stereocenters. The van der Waals surface area contributed by atoms with E-state index in [1.165, 1.54) is 61.2 Å². The van der Waals surface area contributed by atoms with Gasteiger partial charge in [-0.3, -0.25) is 9.98 Å². The van der Waals surface area contributed by atoms with Crippen LogP contribution in [0.5, 0.6) is 0 Å². The summed E-state index contributed by atoms with van der Waals surface area (Å²) in [5.41, 5.74) is 2.09. The smallest absolute Gasteiger partial charge is 0.338 e. The molecule has 0 aliphatic carbocycles. The van der Waals surface area contributed by atoms with Gasteiger partial charge in [0.25, 0.3) is 0 Å². The molecule has 6 atom stereocenters. The number of aromatic nitrogens is 2. The Hall–Kier alpha value is -5.15. The molecule has 63 heavy (non-hydrogen) atoms. The molecule has 4 aromatic rings. The van der Waals surface area contributed by atoms with E-state index in [2.05, 4.69) is 30.6 Å². The van der Waals surface area contributed by atoms with Crippen LogP contribution in [0.15, 0.2) is 92.1 Å². The Labute approximate surface area is 377 Å². The van der Waals surface area contributed by atoms with Gasteiger partial charge in [0.2, 0.25) is 0 Å². The fourth-order valence-electron chi connectivity index (χ4n) is 7.52. The SMILES string of the molecule is CCOC(=O)C1CC(C2=C(C(=O)OC)C(c3cccc(F)c3Cl)N=C(c3nccs3)N2)CO1.COC(=O)C1=C(C2COC(CO)C2)NC(c2nccs2)=NC1c1cccc(F)c1Cl. The second kappa shape index (κ2) is 20.6. The van der Waals surface area contributed by atoms with E-state index in [9.17, 15) is 28.3 Å². The maximum atomic E-state index is 14.3. The van der Waals surface area contributed by atoms with Crippen LogP contribution in [0.2, 0.25) is 10.0 Å². The van der Waals surface area contributed by atoms with E-state index in [4.69, 9.17) is 46.9 Å². The number of ether oxygens (including phenoxy) is 5. The normalized spacial score (nSPS) is 23.2. The predicted octanol–water partition coefficient (Wildman–Crippen LogP) is 6.27. The number of aliphatic hydroxyl groups is 1. The highest BCUT2D eigenvalue weighted by Crippen LogP contribution is 2.42. The van der Waals surface area contributed by atoms with E-state index in [1.54, 1.807) is 36.8 Å². The molecule has 0 spiro atoms. The maximum absolute atomic E-state index is 14.3. The molecule has 0 saturated carbocycles. The van der Waals surface area contributed by atoms with Crippen molar-refractivity contribution in [2.45, 2.75) is 44.1 Å². The summed E-state index contributed by atoms with van der Waals surface area (Å²) in [6, 6.07) is 6.91. The van der Waals surface area contributed by atoms with Gasteiger partial charge in [0.05, 0.1) is 67.9 Å². The number of hydrogen-bond donors (Lipinski definition) is 3. The van der Waals surface area contributed by atoms with Crippen LogP contribution in [0.4, 0.5) is 8.78 Å². The first-order chi connectivity index (χ1) is 30.5. The number of aliphatic hydroxyl groups excluding tert-OH is 1. The number of rotatable bonds is 11. The van der Waals surface area contributed by atoms with E-state index in [0.717, 1.165) is 0 Å². The van der Waals surface area contributed by atoms with E-state index < -0.39 is 47.7 Å². The third-order valence-electron chi connectivity index (χ3n) is 10.4. The minimum Gasteiger partial charge on any atom is -0.466 e. The molecule has 4 aliphatic rings. The summed E-state index contributed by atoms with van der Waals surface area (Å²) >= 11 is 15.3. The van der Waals surface area contributed by atoms with E-state index >= 15 is 0 Å². The first-order valence-electron chi connectivity index (χ1n) is 19.5. The highest BCUT2D eigenvalue weighted by molar-refractivity contribution is 7.12. The molecule has 2 aromatic carbocycles. The third-order valence-corrected chi connectivity index (χ3v) is 12.8. The highest BCUT2D eigenvalue weighted by atomic mass is 35.5. The molecule has 2 saturated heterocycles. The fraction of sp³-hybridized carbons (Fsp3) is 0.357. The van der Waals surface area contributed by atoms with Crippen LogP contribution < -0.4 is 10.6 Å². The Morgan fingerprint density at radius 3 is 1.71 bits per heavy atom. The van der Waals surface area contributed by atoms with Gasteiger partial charge in [-0.05, 0) is 31.9 Å². The summed E-state index contributed by atoms with van der Waals surface area (Å²) in [5.74, 6) is -2.67. The summed E-state index contributed by atoms with van der Waals surface area (Å²) in [7, 11) is 2.53. The zero-order valence-electron chi connectivity index (χ0n) is 33.8. The number of carbonyl (C=O) groups is 3. The molecule has 2 fully saturated rings. The van der Waals surface area contributed by atoms with Crippen LogP contribution in [-0.2, 0) is 38.1 Å². The Balaban J connectivity index is 0.000000190. The minimum absolute atomic E-state index is 0.108. The largest absolute Gasteiger partial charge is 0.466 e. The van der Waals surface area contributed by atoms with Crippen molar-refractivity contribution in [3.63, 3.8) is 0 Å². The molecule has 4 aliphatic heterocycles. The summed E-state index contributed by atoms with van der Waals surface area (Å²) in [5, 5.41) is 20.4. The highest BCUT2D eigenvalue weighted by Gasteiger charge is 2.42. The van der Waals surface area contributed by atoms with Crippen molar-refractivity contribution < 1.29 is 52.0 Å². The third kappa shape index (κ3) is 9.84.